The van der Waals surface area contributed by atoms with Crippen LogP contribution in [0.25, 0.3) is 0 Å². The molecule has 102 valence electrons. The Kier molecular flexibility index (Phi) is 3.62. The van der Waals surface area contributed by atoms with Crippen LogP contribution in [0.1, 0.15) is 33.5 Å². The van der Waals surface area contributed by atoms with Gasteiger partial charge in [-0.2, -0.15) is 0 Å². The summed E-state index contributed by atoms with van der Waals surface area (Å²) in [5.41, 5.74) is 4.49. The van der Waals surface area contributed by atoms with E-state index in [-0.39, 0.29) is 11.7 Å². The third kappa shape index (κ3) is 2.64. The SMILES string of the molecule is Cc1cc(Cl)cc(C(=O)C2CCc3ccccc3C2)c1. The van der Waals surface area contributed by atoms with Gasteiger partial charge in [0.05, 0.1) is 0 Å². The molecule has 1 unspecified atom stereocenters. The first kappa shape index (κ1) is 13.4. The first-order chi connectivity index (χ1) is 9.63. The van der Waals surface area contributed by atoms with Crippen LogP contribution in [0.2, 0.25) is 5.02 Å². The molecule has 0 saturated carbocycles. The fourth-order valence-electron chi connectivity index (χ4n) is 3.04. The number of rotatable bonds is 2. The first-order valence-electron chi connectivity index (χ1n) is 7.01. The number of halogens is 1. The Morgan fingerprint density at radius 2 is 1.90 bits per heavy atom. The van der Waals surface area contributed by atoms with Gasteiger partial charge in [0.1, 0.15) is 0 Å². The van der Waals surface area contributed by atoms with E-state index < -0.39 is 0 Å². The second kappa shape index (κ2) is 5.41. The standard InChI is InChI=1S/C18H17ClO/c1-12-8-16(11-17(19)9-12)18(20)15-7-6-13-4-2-3-5-14(13)10-15/h2-5,8-9,11,15H,6-7,10H2,1H3. The quantitative estimate of drug-likeness (QED) is 0.735. The summed E-state index contributed by atoms with van der Waals surface area (Å²) in [6.45, 7) is 1.97. The highest BCUT2D eigenvalue weighted by molar-refractivity contribution is 6.31. The maximum absolute atomic E-state index is 12.7. The summed E-state index contributed by atoms with van der Waals surface area (Å²) in [6.07, 6.45) is 2.77. The molecular formula is C18H17ClO. The van der Waals surface area contributed by atoms with Gasteiger partial charge in [-0.1, -0.05) is 35.9 Å². The molecule has 1 atom stereocenters. The van der Waals surface area contributed by atoms with Crippen LogP contribution < -0.4 is 0 Å². The van der Waals surface area contributed by atoms with Gasteiger partial charge >= 0.3 is 0 Å². The highest BCUT2D eigenvalue weighted by atomic mass is 35.5. The van der Waals surface area contributed by atoms with E-state index in [0.717, 1.165) is 30.4 Å². The molecule has 20 heavy (non-hydrogen) atoms. The Labute approximate surface area is 124 Å². The molecule has 3 rings (SSSR count). The summed E-state index contributed by atoms with van der Waals surface area (Å²) in [5.74, 6) is 0.313. The van der Waals surface area contributed by atoms with Gasteiger partial charge in [0.2, 0.25) is 0 Å². The van der Waals surface area contributed by atoms with Gasteiger partial charge in [0.25, 0.3) is 0 Å². The average Bonchev–Trinajstić information content (AvgIpc) is 2.45. The fourth-order valence-corrected chi connectivity index (χ4v) is 3.33. The van der Waals surface area contributed by atoms with Gasteiger partial charge in [-0.25, -0.2) is 0 Å². The minimum absolute atomic E-state index is 0.0859. The molecule has 0 aliphatic heterocycles. The maximum Gasteiger partial charge on any atom is 0.166 e. The minimum atomic E-state index is 0.0859. The van der Waals surface area contributed by atoms with Crippen LogP contribution in [0.5, 0.6) is 0 Å². The number of ketones is 1. The molecule has 0 fully saturated rings. The van der Waals surface area contributed by atoms with Crippen molar-refractivity contribution in [2.75, 3.05) is 0 Å². The van der Waals surface area contributed by atoms with Crippen LogP contribution in [0, 0.1) is 12.8 Å². The summed E-state index contributed by atoms with van der Waals surface area (Å²) in [5, 5.41) is 0.643. The molecule has 0 N–H and O–H groups in total. The maximum atomic E-state index is 12.7. The zero-order chi connectivity index (χ0) is 14.1. The van der Waals surface area contributed by atoms with Gasteiger partial charge < -0.3 is 0 Å². The van der Waals surface area contributed by atoms with Crippen molar-refractivity contribution in [3.8, 4) is 0 Å². The van der Waals surface area contributed by atoms with Crippen LogP contribution in [0.3, 0.4) is 0 Å². The second-order valence-corrected chi connectivity index (χ2v) is 6.03. The van der Waals surface area contributed by atoms with Crippen molar-refractivity contribution >= 4 is 17.4 Å². The molecule has 0 heterocycles. The zero-order valence-electron chi connectivity index (χ0n) is 11.5. The Bertz CT molecular complexity index is 640. The lowest BCUT2D eigenvalue weighted by molar-refractivity contribution is 0.0908. The van der Waals surface area contributed by atoms with E-state index in [1.165, 1.54) is 11.1 Å². The second-order valence-electron chi connectivity index (χ2n) is 5.59. The lowest BCUT2D eigenvalue weighted by atomic mass is 9.80. The first-order valence-corrected chi connectivity index (χ1v) is 7.39. The highest BCUT2D eigenvalue weighted by Crippen LogP contribution is 2.28. The molecule has 0 saturated heterocycles. The molecule has 2 aromatic rings. The van der Waals surface area contributed by atoms with E-state index in [1.54, 1.807) is 6.07 Å². The lowest BCUT2D eigenvalue weighted by Gasteiger charge is -2.23. The molecule has 2 aromatic carbocycles. The number of hydrogen-bond donors (Lipinski definition) is 0. The normalized spacial score (nSPS) is 17.6. The van der Waals surface area contributed by atoms with Crippen LogP contribution in [-0.2, 0) is 12.8 Å². The van der Waals surface area contributed by atoms with Crippen molar-refractivity contribution in [1.82, 2.24) is 0 Å². The van der Waals surface area contributed by atoms with E-state index in [0.29, 0.717) is 5.02 Å². The lowest BCUT2D eigenvalue weighted by Crippen LogP contribution is -2.22. The van der Waals surface area contributed by atoms with Crippen molar-refractivity contribution in [3.63, 3.8) is 0 Å². The number of carbonyl (C=O) groups excluding carboxylic acids is 1. The van der Waals surface area contributed by atoms with Crippen molar-refractivity contribution in [1.29, 1.82) is 0 Å². The number of benzene rings is 2. The van der Waals surface area contributed by atoms with Gasteiger partial charge in [-0.3, -0.25) is 4.79 Å². The number of hydrogen-bond acceptors (Lipinski definition) is 1. The molecule has 0 bridgehead atoms. The molecule has 1 aliphatic rings. The van der Waals surface area contributed by atoms with Gasteiger partial charge in [0.15, 0.2) is 5.78 Å². The monoisotopic (exact) mass is 284 g/mol. The third-order valence-corrected chi connectivity index (χ3v) is 4.26. The van der Waals surface area contributed by atoms with Crippen molar-refractivity contribution in [2.45, 2.75) is 26.2 Å². The van der Waals surface area contributed by atoms with E-state index >= 15 is 0 Å². The number of Topliss-reactive ketones (excluding diaryl/α,β-unsaturated/α-hetero) is 1. The fraction of sp³-hybridized carbons (Fsp3) is 0.278. The summed E-state index contributed by atoms with van der Waals surface area (Å²) in [6, 6.07) is 14.0. The molecule has 1 nitrogen and oxygen atoms in total. The average molecular weight is 285 g/mol. The molecule has 1 aliphatic carbocycles. The van der Waals surface area contributed by atoms with Crippen LogP contribution >= 0.6 is 11.6 Å². The largest absolute Gasteiger partial charge is 0.294 e. The van der Waals surface area contributed by atoms with Gasteiger partial charge in [-0.05, 0) is 61.1 Å². The van der Waals surface area contributed by atoms with E-state index in [2.05, 4.69) is 24.3 Å². The van der Waals surface area contributed by atoms with Gasteiger partial charge in [-0.15, -0.1) is 0 Å². The van der Waals surface area contributed by atoms with Crippen LogP contribution in [0.4, 0.5) is 0 Å². The van der Waals surface area contributed by atoms with E-state index in [4.69, 9.17) is 11.6 Å². The number of fused-ring (bicyclic) bond motifs is 1. The summed E-state index contributed by atoms with van der Waals surface area (Å²) in [4.78, 5) is 12.7. The topological polar surface area (TPSA) is 17.1 Å². The highest BCUT2D eigenvalue weighted by Gasteiger charge is 2.25. The van der Waals surface area contributed by atoms with Crippen LogP contribution in [0.15, 0.2) is 42.5 Å². The Morgan fingerprint density at radius 1 is 1.15 bits per heavy atom. The summed E-state index contributed by atoms with van der Waals surface area (Å²) in [7, 11) is 0. The number of aryl methyl sites for hydroxylation is 2. The smallest absolute Gasteiger partial charge is 0.166 e. The molecule has 0 radical (unpaired) electrons. The number of carbonyl (C=O) groups is 1. The Hall–Kier alpha value is -1.60. The Morgan fingerprint density at radius 3 is 2.65 bits per heavy atom. The minimum Gasteiger partial charge on any atom is -0.294 e. The predicted molar refractivity (Wildman–Crippen MR) is 82.5 cm³/mol. The van der Waals surface area contributed by atoms with Crippen molar-refractivity contribution in [3.05, 3.63) is 69.7 Å². The molecule has 2 heteroatoms. The predicted octanol–water partition coefficient (Wildman–Crippen LogP) is 4.64. The molecule has 0 aromatic heterocycles. The Balaban J connectivity index is 1.86. The van der Waals surface area contributed by atoms with Gasteiger partial charge in [0, 0.05) is 16.5 Å². The zero-order valence-corrected chi connectivity index (χ0v) is 12.3. The summed E-state index contributed by atoms with van der Waals surface area (Å²) >= 11 is 6.06. The van der Waals surface area contributed by atoms with Crippen LogP contribution in [-0.4, -0.2) is 5.78 Å². The summed E-state index contributed by atoms with van der Waals surface area (Å²) < 4.78 is 0. The molecule has 0 spiro atoms. The van der Waals surface area contributed by atoms with Crippen molar-refractivity contribution in [2.24, 2.45) is 5.92 Å². The van der Waals surface area contributed by atoms with E-state index in [1.807, 2.05) is 19.1 Å². The van der Waals surface area contributed by atoms with E-state index in [9.17, 15) is 4.79 Å². The molecule has 0 amide bonds. The third-order valence-electron chi connectivity index (χ3n) is 4.04. The molecular weight excluding hydrogens is 268 g/mol. The van der Waals surface area contributed by atoms with Crippen molar-refractivity contribution < 1.29 is 4.79 Å².